The summed E-state index contributed by atoms with van der Waals surface area (Å²) in [4.78, 5) is 11.4. The lowest BCUT2D eigenvalue weighted by molar-refractivity contribution is -0.119. The molecule has 0 bridgehead atoms. The minimum atomic E-state index is -0.0181. The van der Waals surface area contributed by atoms with Gasteiger partial charge in [0.15, 0.2) is 0 Å². The number of hydrogen-bond acceptors (Lipinski definition) is 2. The summed E-state index contributed by atoms with van der Waals surface area (Å²) in [5, 5.41) is 6.53. The van der Waals surface area contributed by atoms with Crippen molar-refractivity contribution in [3.8, 4) is 0 Å². The van der Waals surface area contributed by atoms with Gasteiger partial charge in [0.2, 0.25) is 5.91 Å². The molecule has 0 aliphatic heterocycles. The number of carbonyl (C=O) groups excluding carboxylic acids is 1. The van der Waals surface area contributed by atoms with Crippen molar-refractivity contribution in [2.75, 3.05) is 18.4 Å². The second-order valence-electron chi connectivity index (χ2n) is 3.78. The van der Waals surface area contributed by atoms with Crippen molar-refractivity contribution in [3.63, 3.8) is 0 Å². The second kappa shape index (κ2) is 6.87. The second-order valence-corrected chi connectivity index (χ2v) is 5.05. The number of nitrogens with one attached hydrogen (secondary N) is 2. The van der Waals surface area contributed by atoms with E-state index in [1.165, 1.54) is 0 Å². The van der Waals surface area contributed by atoms with E-state index in [1.807, 2.05) is 26.0 Å². The minimum absolute atomic E-state index is 0.0181. The zero-order chi connectivity index (χ0) is 12.8. The third-order valence-corrected chi connectivity index (χ3v) is 3.32. The average molecular weight is 320 g/mol. The Kier molecular flexibility index (Phi) is 5.78. The topological polar surface area (TPSA) is 41.1 Å². The summed E-state index contributed by atoms with van der Waals surface area (Å²) < 4.78 is 0.905. The van der Waals surface area contributed by atoms with Crippen LogP contribution >= 0.6 is 27.5 Å². The van der Waals surface area contributed by atoms with Crippen molar-refractivity contribution in [2.24, 2.45) is 0 Å². The SMILES string of the molecule is CCCNC(=O)CNc1cc(Cl)c(C)cc1Br. The van der Waals surface area contributed by atoms with Crippen LogP contribution < -0.4 is 10.6 Å². The van der Waals surface area contributed by atoms with Crippen LogP contribution in [0.5, 0.6) is 0 Å². The maximum atomic E-state index is 11.4. The van der Waals surface area contributed by atoms with Crippen LogP contribution in [0.4, 0.5) is 5.69 Å². The molecule has 0 saturated heterocycles. The van der Waals surface area contributed by atoms with Gasteiger partial charge in [-0.2, -0.15) is 0 Å². The molecule has 1 aromatic rings. The Morgan fingerprint density at radius 2 is 2.18 bits per heavy atom. The molecule has 0 spiro atoms. The molecule has 0 aromatic heterocycles. The summed E-state index contributed by atoms with van der Waals surface area (Å²) in [7, 11) is 0. The van der Waals surface area contributed by atoms with Gasteiger partial charge >= 0.3 is 0 Å². The first-order valence-corrected chi connectivity index (χ1v) is 6.68. The van der Waals surface area contributed by atoms with Crippen molar-refractivity contribution < 1.29 is 4.79 Å². The molecule has 0 saturated carbocycles. The minimum Gasteiger partial charge on any atom is -0.375 e. The van der Waals surface area contributed by atoms with Gasteiger partial charge in [-0.05, 0) is 47.0 Å². The highest BCUT2D eigenvalue weighted by atomic mass is 79.9. The lowest BCUT2D eigenvalue weighted by Gasteiger charge is -2.10. The number of hydrogen-bond donors (Lipinski definition) is 2. The monoisotopic (exact) mass is 318 g/mol. The predicted octanol–water partition coefficient (Wildman–Crippen LogP) is 3.35. The van der Waals surface area contributed by atoms with Crippen molar-refractivity contribution >= 4 is 39.1 Å². The van der Waals surface area contributed by atoms with Crippen LogP contribution in [-0.2, 0) is 4.79 Å². The van der Waals surface area contributed by atoms with Gasteiger partial charge in [-0.1, -0.05) is 18.5 Å². The molecule has 1 amide bonds. The van der Waals surface area contributed by atoms with E-state index in [0.717, 1.165) is 22.1 Å². The van der Waals surface area contributed by atoms with E-state index in [-0.39, 0.29) is 12.5 Å². The highest BCUT2D eigenvalue weighted by molar-refractivity contribution is 9.10. The summed E-state index contributed by atoms with van der Waals surface area (Å²) in [6.45, 7) is 4.91. The van der Waals surface area contributed by atoms with Crippen LogP contribution in [0.2, 0.25) is 5.02 Å². The number of halogens is 2. The Bertz CT molecular complexity index is 410. The lowest BCUT2D eigenvalue weighted by Crippen LogP contribution is -2.30. The fraction of sp³-hybridized carbons (Fsp3) is 0.417. The highest BCUT2D eigenvalue weighted by Gasteiger charge is 2.05. The molecular formula is C12H16BrClN2O. The fourth-order valence-electron chi connectivity index (χ4n) is 1.28. The van der Waals surface area contributed by atoms with E-state index in [9.17, 15) is 4.79 Å². The first-order chi connectivity index (χ1) is 8.04. The molecule has 0 unspecified atom stereocenters. The van der Waals surface area contributed by atoms with E-state index in [1.54, 1.807) is 0 Å². The third kappa shape index (κ3) is 4.56. The van der Waals surface area contributed by atoms with E-state index < -0.39 is 0 Å². The van der Waals surface area contributed by atoms with Gasteiger partial charge in [0, 0.05) is 16.0 Å². The molecule has 5 heteroatoms. The van der Waals surface area contributed by atoms with Gasteiger partial charge < -0.3 is 10.6 Å². The maximum Gasteiger partial charge on any atom is 0.239 e. The van der Waals surface area contributed by atoms with Gasteiger partial charge in [-0.3, -0.25) is 4.79 Å². The Morgan fingerprint density at radius 3 is 2.82 bits per heavy atom. The zero-order valence-electron chi connectivity index (χ0n) is 9.94. The molecule has 17 heavy (non-hydrogen) atoms. The van der Waals surface area contributed by atoms with Crippen LogP contribution in [0.25, 0.3) is 0 Å². The van der Waals surface area contributed by atoms with Crippen molar-refractivity contribution in [1.29, 1.82) is 0 Å². The smallest absolute Gasteiger partial charge is 0.239 e. The van der Waals surface area contributed by atoms with Gasteiger partial charge in [0.25, 0.3) is 0 Å². The molecule has 0 aliphatic carbocycles. The van der Waals surface area contributed by atoms with Gasteiger partial charge in [0.1, 0.15) is 0 Å². The number of anilines is 1. The number of carbonyl (C=O) groups is 1. The summed E-state index contributed by atoms with van der Waals surface area (Å²) >= 11 is 9.45. The highest BCUT2D eigenvalue weighted by Crippen LogP contribution is 2.28. The van der Waals surface area contributed by atoms with E-state index in [2.05, 4.69) is 26.6 Å². The largest absolute Gasteiger partial charge is 0.375 e. The van der Waals surface area contributed by atoms with Gasteiger partial charge in [0.05, 0.1) is 12.2 Å². The quantitative estimate of drug-likeness (QED) is 0.874. The molecule has 1 aromatic carbocycles. The van der Waals surface area contributed by atoms with Crippen molar-refractivity contribution in [3.05, 3.63) is 27.2 Å². The van der Waals surface area contributed by atoms with E-state index in [0.29, 0.717) is 11.6 Å². The molecule has 1 rings (SSSR count). The molecule has 0 aliphatic rings. The third-order valence-electron chi connectivity index (χ3n) is 2.26. The van der Waals surface area contributed by atoms with Gasteiger partial charge in [-0.25, -0.2) is 0 Å². The molecule has 2 N–H and O–H groups in total. The van der Waals surface area contributed by atoms with Crippen LogP contribution in [0.15, 0.2) is 16.6 Å². The summed E-state index contributed by atoms with van der Waals surface area (Å²) in [5.74, 6) is -0.0181. The summed E-state index contributed by atoms with van der Waals surface area (Å²) in [5.41, 5.74) is 1.83. The molecule has 0 atom stereocenters. The predicted molar refractivity (Wildman–Crippen MR) is 75.7 cm³/mol. The number of aryl methyl sites for hydroxylation is 1. The average Bonchev–Trinajstić information content (AvgIpc) is 2.29. The lowest BCUT2D eigenvalue weighted by atomic mass is 10.2. The molecule has 0 fully saturated rings. The Balaban J connectivity index is 2.57. The van der Waals surface area contributed by atoms with Crippen LogP contribution in [0.3, 0.4) is 0 Å². The normalized spacial score (nSPS) is 10.1. The van der Waals surface area contributed by atoms with E-state index in [4.69, 9.17) is 11.6 Å². The fourth-order valence-corrected chi connectivity index (χ4v) is 2.05. The Hall–Kier alpha value is -0.740. The van der Waals surface area contributed by atoms with Crippen molar-refractivity contribution in [2.45, 2.75) is 20.3 Å². The molecular weight excluding hydrogens is 304 g/mol. The molecule has 3 nitrogen and oxygen atoms in total. The van der Waals surface area contributed by atoms with Crippen LogP contribution in [0, 0.1) is 6.92 Å². The zero-order valence-corrected chi connectivity index (χ0v) is 12.3. The number of benzene rings is 1. The number of rotatable bonds is 5. The van der Waals surface area contributed by atoms with Crippen molar-refractivity contribution in [1.82, 2.24) is 5.32 Å². The molecule has 0 radical (unpaired) electrons. The number of amides is 1. The van der Waals surface area contributed by atoms with Crippen LogP contribution in [-0.4, -0.2) is 19.0 Å². The Labute approximate surface area is 115 Å². The maximum absolute atomic E-state index is 11.4. The molecule has 0 heterocycles. The van der Waals surface area contributed by atoms with Crippen LogP contribution in [0.1, 0.15) is 18.9 Å². The van der Waals surface area contributed by atoms with Gasteiger partial charge in [-0.15, -0.1) is 0 Å². The summed E-state index contributed by atoms with van der Waals surface area (Å²) in [6, 6.07) is 3.74. The first kappa shape index (κ1) is 14.3. The Morgan fingerprint density at radius 1 is 1.47 bits per heavy atom. The molecule has 94 valence electrons. The first-order valence-electron chi connectivity index (χ1n) is 5.50. The van der Waals surface area contributed by atoms with E-state index >= 15 is 0 Å². The standard InChI is InChI=1S/C12H16BrClN2O/c1-3-4-15-12(17)7-16-11-6-10(14)8(2)5-9(11)13/h5-6,16H,3-4,7H2,1-2H3,(H,15,17). The summed E-state index contributed by atoms with van der Waals surface area (Å²) in [6.07, 6.45) is 0.936.